The molecule has 0 aliphatic heterocycles. The Labute approximate surface area is 242 Å². The number of nitrogens with two attached hydrogens (primary N) is 1. The van der Waals surface area contributed by atoms with E-state index in [9.17, 15) is 34.2 Å². The van der Waals surface area contributed by atoms with Gasteiger partial charge < -0.3 is 37.2 Å². The number of ketones is 1. The fourth-order valence-electron chi connectivity index (χ4n) is 4.13. The van der Waals surface area contributed by atoms with E-state index in [1.807, 2.05) is 13.8 Å². The molecule has 0 bridgehead atoms. The molecule has 0 aliphatic carbocycles. The van der Waals surface area contributed by atoms with E-state index in [0.717, 1.165) is 0 Å². The molecular weight excluding hydrogens is 530 g/mol. The number of hydrogen-bond acceptors (Lipinski definition) is 8. The third-order valence-corrected chi connectivity index (χ3v) is 6.68. The smallest absolute Gasteiger partial charge is 0.243 e. The van der Waals surface area contributed by atoms with Gasteiger partial charge in [-0.1, -0.05) is 39.8 Å². The molecule has 6 atom stereocenters. The number of carbonyl (C=O) groups excluding carboxylic acids is 5. The number of carbonyl (C=O) groups is 5. The second-order valence-corrected chi connectivity index (χ2v) is 11.2. The Balaban J connectivity index is 2.93. The predicted octanol–water partition coefficient (Wildman–Crippen LogP) is 0.283. The number of Topliss-reactive ketones (excluding diaryl/α,β-unsaturated/α-hetero) is 1. The zero-order chi connectivity index (χ0) is 31.4. The maximum atomic E-state index is 12.9. The Kier molecular flexibility index (Phi) is 14.5. The number of phenolic OH excluding ortho intramolecular Hbond substituents is 1. The number of aliphatic hydroxyl groups is 1. The summed E-state index contributed by atoms with van der Waals surface area (Å²) in [6, 6.07) is 2.12. The van der Waals surface area contributed by atoms with Crippen molar-refractivity contribution in [1.82, 2.24) is 21.3 Å². The van der Waals surface area contributed by atoms with Crippen molar-refractivity contribution in [3.8, 4) is 5.75 Å². The van der Waals surface area contributed by atoms with Gasteiger partial charge in [0.05, 0.1) is 24.2 Å². The van der Waals surface area contributed by atoms with Crippen LogP contribution in [-0.4, -0.2) is 75.9 Å². The molecule has 1 rings (SSSR count). The molecule has 12 nitrogen and oxygen atoms in total. The standard InChI is InChI=1S/C29H47N5O7/c1-15(2)25(19(7)35)34-29(41)26(16(3)4)33-24(38)13-12-23(37)22(14-20-8-10-21(36)11-9-20)32-28(40)18(6)31-27(39)17(5)30/h8-11,15-18,22-23,25-26,36-37H,12-14,30H2,1-7H3,(H,31,39)(H,32,40)(H,33,38)(H,34,41). The Morgan fingerprint density at radius 2 is 1.34 bits per heavy atom. The summed E-state index contributed by atoms with van der Waals surface area (Å²) in [5.41, 5.74) is 6.27. The average Bonchev–Trinajstić information content (AvgIpc) is 2.88. The maximum absolute atomic E-state index is 12.9. The van der Waals surface area contributed by atoms with Crippen LogP contribution in [0.5, 0.6) is 5.75 Å². The van der Waals surface area contributed by atoms with Crippen LogP contribution < -0.4 is 27.0 Å². The zero-order valence-corrected chi connectivity index (χ0v) is 25.1. The first-order valence-corrected chi connectivity index (χ1v) is 14.0. The fraction of sp³-hybridized carbons (Fsp3) is 0.621. The van der Waals surface area contributed by atoms with Gasteiger partial charge in [0, 0.05) is 6.42 Å². The summed E-state index contributed by atoms with van der Waals surface area (Å²) in [6.07, 6.45) is -1.16. The third kappa shape index (κ3) is 12.3. The molecule has 0 saturated carbocycles. The number of phenols is 1. The number of aliphatic hydroxyl groups excluding tert-OH is 1. The van der Waals surface area contributed by atoms with Gasteiger partial charge in [-0.05, 0) is 63.1 Å². The number of hydrogen-bond donors (Lipinski definition) is 7. The summed E-state index contributed by atoms with van der Waals surface area (Å²) < 4.78 is 0. The second-order valence-electron chi connectivity index (χ2n) is 11.2. The monoisotopic (exact) mass is 577 g/mol. The Bertz CT molecular complexity index is 1040. The van der Waals surface area contributed by atoms with Gasteiger partial charge in [-0.3, -0.25) is 24.0 Å². The van der Waals surface area contributed by atoms with Crippen molar-refractivity contribution in [3.05, 3.63) is 29.8 Å². The van der Waals surface area contributed by atoms with Crippen LogP contribution in [0, 0.1) is 11.8 Å². The molecule has 230 valence electrons. The molecule has 41 heavy (non-hydrogen) atoms. The lowest BCUT2D eigenvalue weighted by Gasteiger charge is -2.28. The van der Waals surface area contributed by atoms with Crippen LogP contribution in [0.3, 0.4) is 0 Å². The van der Waals surface area contributed by atoms with Crippen LogP contribution in [0.25, 0.3) is 0 Å². The van der Waals surface area contributed by atoms with E-state index in [4.69, 9.17) is 5.73 Å². The lowest BCUT2D eigenvalue weighted by Crippen LogP contribution is -2.55. The summed E-state index contributed by atoms with van der Waals surface area (Å²) in [5, 5.41) is 31.2. The number of aromatic hydroxyl groups is 1. The van der Waals surface area contributed by atoms with Gasteiger partial charge in [0.25, 0.3) is 0 Å². The van der Waals surface area contributed by atoms with Gasteiger partial charge in [0.1, 0.15) is 17.8 Å². The van der Waals surface area contributed by atoms with Crippen LogP contribution in [0.15, 0.2) is 24.3 Å². The van der Waals surface area contributed by atoms with E-state index in [1.54, 1.807) is 26.0 Å². The highest BCUT2D eigenvalue weighted by atomic mass is 16.3. The lowest BCUT2D eigenvalue weighted by atomic mass is 9.96. The molecule has 0 fully saturated rings. The first kappa shape index (κ1) is 35.5. The Morgan fingerprint density at radius 1 is 0.780 bits per heavy atom. The first-order valence-electron chi connectivity index (χ1n) is 14.0. The van der Waals surface area contributed by atoms with Crippen LogP contribution in [-0.2, 0) is 30.4 Å². The molecule has 1 aromatic carbocycles. The number of rotatable bonds is 16. The summed E-state index contributed by atoms with van der Waals surface area (Å²) >= 11 is 0. The molecule has 0 aliphatic rings. The van der Waals surface area contributed by atoms with E-state index in [0.29, 0.717) is 5.56 Å². The summed E-state index contributed by atoms with van der Waals surface area (Å²) in [4.78, 5) is 62.3. The molecule has 0 saturated heterocycles. The van der Waals surface area contributed by atoms with E-state index >= 15 is 0 Å². The van der Waals surface area contributed by atoms with Crippen molar-refractivity contribution < 1.29 is 34.2 Å². The van der Waals surface area contributed by atoms with Crippen LogP contribution in [0.1, 0.15) is 66.9 Å². The van der Waals surface area contributed by atoms with Gasteiger partial charge in [-0.25, -0.2) is 0 Å². The largest absolute Gasteiger partial charge is 0.508 e. The minimum Gasteiger partial charge on any atom is -0.508 e. The average molecular weight is 578 g/mol. The second kappa shape index (κ2) is 16.7. The number of amides is 4. The third-order valence-electron chi connectivity index (χ3n) is 6.68. The predicted molar refractivity (Wildman–Crippen MR) is 154 cm³/mol. The topological polar surface area (TPSA) is 200 Å². The van der Waals surface area contributed by atoms with E-state index in [2.05, 4.69) is 21.3 Å². The SMILES string of the molecule is CC(=O)C(NC(=O)C(NC(=O)CCC(O)C(Cc1ccc(O)cc1)NC(=O)C(C)NC(=O)C(C)N)C(C)C)C(C)C. The molecule has 12 heteroatoms. The van der Waals surface area contributed by atoms with Crippen molar-refractivity contribution in [2.24, 2.45) is 17.6 Å². The van der Waals surface area contributed by atoms with Gasteiger partial charge >= 0.3 is 0 Å². The van der Waals surface area contributed by atoms with Gasteiger partial charge in [-0.15, -0.1) is 0 Å². The van der Waals surface area contributed by atoms with Crippen molar-refractivity contribution in [1.29, 1.82) is 0 Å². The van der Waals surface area contributed by atoms with Crippen molar-refractivity contribution in [3.63, 3.8) is 0 Å². The van der Waals surface area contributed by atoms with Crippen molar-refractivity contribution >= 4 is 29.4 Å². The van der Waals surface area contributed by atoms with Crippen LogP contribution in [0.2, 0.25) is 0 Å². The fourth-order valence-corrected chi connectivity index (χ4v) is 4.13. The summed E-state index contributed by atoms with van der Waals surface area (Å²) in [6.45, 7) is 11.5. The zero-order valence-electron chi connectivity index (χ0n) is 25.1. The molecule has 8 N–H and O–H groups in total. The molecule has 0 spiro atoms. The van der Waals surface area contributed by atoms with Crippen molar-refractivity contribution in [2.45, 2.75) is 104 Å². The minimum absolute atomic E-state index is 0.0378. The van der Waals surface area contributed by atoms with Gasteiger partial charge in [-0.2, -0.15) is 0 Å². The summed E-state index contributed by atoms with van der Waals surface area (Å²) in [7, 11) is 0. The van der Waals surface area contributed by atoms with E-state index in [1.165, 1.54) is 32.9 Å². The molecule has 0 aromatic heterocycles. The Hall–Kier alpha value is -3.51. The lowest BCUT2D eigenvalue weighted by molar-refractivity contribution is -0.132. The van der Waals surface area contributed by atoms with Gasteiger partial charge in [0.2, 0.25) is 23.6 Å². The highest BCUT2D eigenvalue weighted by Crippen LogP contribution is 2.15. The van der Waals surface area contributed by atoms with Crippen LogP contribution in [0.4, 0.5) is 0 Å². The van der Waals surface area contributed by atoms with Crippen molar-refractivity contribution in [2.75, 3.05) is 0 Å². The van der Waals surface area contributed by atoms with Gasteiger partial charge in [0.15, 0.2) is 5.78 Å². The minimum atomic E-state index is -1.16. The summed E-state index contributed by atoms with van der Waals surface area (Å²) in [5.74, 6) is -2.51. The number of benzene rings is 1. The molecule has 1 aromatic rings. The quantitative estimate of drug-likeness (QED) is 0.145. The molecule has 0 radical (unpaired) electrons. The molecule has 4 amide bonds. The normalized spacial score (nSPS) is 15.7. The highest BCUT2D eigenvalue weighted by molar-refractivity contribution is 5.92. The van der Waals surface area contributed by atoms with E-state index < -0.39 is 59.9 Å². The Morgan fingerprint density at radius 3 is 1.83 bits per heavy atom. The first-order chi connectivity index (χ1) is 19.0. The maximum Gasteiger partial charge on any atom is 0.243 e. The molecule has 6 unspecified atom stereocenters. The molecule has 0 heterocycles. The number of nitrogens with one attached hydrogen (secondary N) is 4. The molecular formula is C29H47N5O7. The van der Waals surface area contributed by atoms with E-state index in [-0.39, 0.29) is 42.6 Å². The highest BCUT2D eigenvalue weighted by Gasteiger charge is 2.30. The van der Waals surface area contributed by atoms with Crippen LogP contribution >= 0.6 is 0 Å².